The number of aromatic nitrogens is 2. The number of carbonyl (C=O) groups is 1. The van der Waals surface area contributed by atoms with Gasteiger partial charge in [-0.15, -0.1) is 10.2 Å². The van der Waals surface area contributed by atoms with E-state index in [9.17, 15) is 13.2 Å². The standard InChI is InChI=1S/C18H24N4O5S3/c1-11(2)10-28-18-21-20-17(29-18)19-16(23)12(3)22(30(4,24)25)13-5-6-14-15(9-13)27-8-7-26-14/h5-6,9,11-12H,7-8,10H2,1-4H3,(H,19,20,23)/t12-/m0/s1. The molecule has 164 valence electrons. The number of hydrogen-bond donors (Lipinski definition) is 1. The lowest BCUT2D eigenvalue weighted by atomic mass is 10.2. The number of hydrogen-bond acceptors (Lipinski definition) is 9. The maximum absolute atomic E-state index is 12.8. The van der Waals surface area contributed by atoms with Gasteiger partial charge in [-0.05, 0) is 25.0 Å². The van der Waals surface area contributed by atoms with E-state index < -0.39 is 22.0 Å². The molecule has 3 rings (SSSR count). The van der Waals surface area contributed by atoms with Crippen LogP contribution in [0.2, 0.25) is 0 Å². The zero-order chi connectivity index (χ0) is 21.9. The number of amides is 1. The molecule has 2 heterocycles. The van der Waals surface area contributed by atoms with Gasteiger partial charge in [-0.1, -0.05) is 36.9 Å². The first kappa shape index (κ1) is 22.6. The van der Waals surface area contributed by atoms with Gasteiger partial charge in [0, 0.05) is 11.8 Å². The first-order chi connectivity index (χ1) is 14.1. The molecule has 0 unspecified atom stereocenters. The van der Waals surface area contributed by atoms with Crippen molar-refractivity contribution in [2.75, 3.05) is 34.8 Å². The molecule has 30 heavy (non-hydrogen) atoms. The lowest BCUT2D eigenvalue weighted by Gasteiger charge is -2.29. The highest BCUT2D eigenvalue weighted by atomic mass is 32.2. The molecular weight excluding hydrogens is 448 g/mol. The van der Waals surface area contributed by atoms with E-state index >= 15 is 0 Å². The molecule has 0 aliphatic carbocycles. The van der Waals surface area contributed by atoms with E-state index in [1.165, 1.54) is 18.3 Å². The van der Waals surface area contributed by atoms with Gasteiger partial charge in [-0.2, -0.15) is 0 Å². The number of carbonyl (C=O) groups excluding carboxylic acids is 1. The quantitative estimate of drug-likeness (QED) is 0.461. The third-order valence-electron chi connectivity index (χ3n) is 4.05. The molecule has 0 saturated heterocycles. The molecule has 0 spiro atoms. The number of benzene rings is 1. The van der Waals surface area contributed by atoms with Crippen molar-refractivity contribution in [1.82, 2.24) is 10.2 Å². The molecule has 9 nitrogen and oxygen atoms in total. The Labute approximate surface area is 184 Å². The van der Waals surface area contributed by atoms with Gasteiger partial charge in [-0.3, -0.25) is 14.4 Å². The Hall–Kier alpha value is -2.05. The Morgan fingerprint density at radius 1 is 1.23 bits per heavy atom. The van der Waals surface area contributed by atoms with Gasteiger partial charge in [0.1, 0.15) is 19.3 Å². The second-order valence-electron chi connectivity index (χ2n) is 7.13. The minimum absolute atomic E-state index is 0.315. The Kier molecular flexibility index (Phi) is 7.09. The van der Waals surface area contributed by atoms with Gasteiger partial charge in [-0.25, -0.2) is 8.42 Å². The zero-order valence-electron chi connectivity index (χ0n) is 17.1. The summed E-state index contributed by atoms with van der Waals surface area (Å²) in [6, 6.07) is 3.77. The van der Waals surface area contributed by atoms with Crippen molar-refractivity contribution >= 4 is 49.8 Å². The normalized spacial score (nSPS) is 14.4. The topological polar surface area (TPSA) is 111 Å². The summed E-state index contributed by atoms with van der Waals surface area (Å²) in [4.78, 5) is 12.8. The van der Waals surface area contributed by atoms with Gasteiger partial charge in [0.15, 0.2) is 15.8 Å². The van der Waals surface area contributed by atoms with E-state index in [0.29, 0.717) is 41.4 Å². The van der Waals surface area contributed by atoms with Crippen LogP contribution >= 0.6 is 23.1 Å². The number of anilines is 2. The second-order valence-corrected chi connectivity index (χ2v) is 11.2. The largest absolute Gasteiger partial charge is 0.486 e. The first-order valence-electron chi connectivity index (χ1n) is 9.31. The van der Waals surface area contributed by atoms with Gasteiger partial charge in [0.05, 0.1) is 11.9 Å². The molecular formula is C18H24N4O5S3. The molecule has 1 aromatic carbocycles. The fourth-order valence-corrected chi connectivity index (χ4v) is 5.64. The Morgan fingerprint density at radius 2 is 1.93 bits per heavy atom. The summed E-state index contributed by atoms with van der Waals surface area (Å²) in [7, 11) is -3.75. The first-order valence-corrected chi connectivity index (χ1v) is 13.0. The van der Waals surface area contributed by atoms with E-state index in [1.807, 2.05) is 0 Å². The summed E-state index contributed by atoms with van der Waals surface area (Å²) in [5.41, 5.74) is 0.315. The highest BCUT2D eigenvalue weighted by molar-refractivity contribution is 8.01. The molecule has 2 aromatic rings. The number of ether oxygens (including phenoxy) is 2. The van der Waals surface area contributed by atoms with E-state index in [1.54, 1.807) is 30.0 Å². The summed E-state index contributed by atoms with van der Waals surface area (Å²) >= 11 is 2.83. The average Bonchev–Trinajstić information content (AvgIpc) is 3.12. The van der Waals surface area contributed by atoms with Crippen LogP contribution in [-0.2, 0) is 14.8 Å². The molecule has 0 saturated carbocycles. The minimum atomic E-state index is -3.75. The Bertz CT molecular complexity index is 1010. The zero-order valence-corrected chi connectivity index (χ0v) is 19.6. The molecule has 1 atom stereocenters. The SMILES string of the molecule is CC(C)CSc1nnc(NC(=O)[C@H](C)N(c2ccc3c(c2)OCCO3)S(C)(=O)=O)s1. The monoisotopic (exact) mass is 472 g/mol. The van der Waals surface area contributed by atoms with Gasteiger partial charge < -0.3 is 9.47 Å². The minimum Gasteiger partial charge on any atom is -0.486 e. The molecule has 1 aliphatic heterocycles. The average molecular weight is 473 g/mol. The summed E-state index contributed by atoms with van der Waals surface area (Å²) in [6.45, 7) is 6.54. The Balaban J connectivity index is 1.77. The van der Waals surface area contributed by atoms with Gasteiger partial charge in [0.2, 0.25) is 21.1 Å². The highest BCUT2D eigenvalue weighted by Gasteiger charge is 2.31. The smallest absolute Gasteiger partial charge is 0.249 e. The van der Waals surface area contributed by atoms with Crippen LogP contribution in [0.15, 0.2) is 22.5 Å². The van der Waals surface area contributed by atoms with Gasteiger partial charge >= 0.3 is 0 Å². The maximum Gasteiger partial charge on any atom is 0.249 e. The van der Waals surface area contributed by atoms with Crippen molar-refractivity contribution in [3.63, 3.8) is 0 Å². The molecule has 0 radical (unpaired) electrons. The van der Waals surface area contributed by atoms with E-state index in [2.05, 4.69) is 29.4 Å². The van der Waals surface area contributed by atoms with Crippen LogP contribution in [-0.4, -0.2) is 55.8 Å². The van der Waals surface area contributed by atoms with Crippen LogP contribution in [0.1, 0.15) is 20.8 Å². The molecule has 1 aromatic heterocycles. The maximum atomic E-state index is 12.8. The van der Waals surface area contributed by atoms with E-state index in [-0.39, 0.29) is 0 Å². The van der Waals surface area contributed by atoms with Crippen LogP contribution in [0.4, 0.5) is 10.8 Å². The summed E-state index contributed by atoms with van der Waals surface area (Å²) in [6.07, 6.45) is 1.05. The molecule has 0 bridgehead atoms. The number of nitrogens with zero attached hydrogens (tertiary/aromatic N) is 3. The van der Waals surface area contributed by atoms with Crippen LogP contribution in [0, 0.1) is 5.92 Å². The van der Waals surface area contributed by atoms with Crippen LogP contribution < -0.4 is 19.1 Å². The molecule has 1 aliphatic rings. The number of sulfonamides is 1. The predicted octanol–water partition coefficient (Wildman–Crippen LogP) is 2.85. The number of thioether (sulfide) groups is 1. The number of rotatable bonds is 8. The summed E-state index contributed by atoms with van der Waals surface area (Å²) in [5.74, 6) is 1.87. The number of nitrogens with one attached hydrogen (secondary N) is 1. The number of fused-ring (bicyclic) bond motifs is 1. The van der Waals surface area contributed by atoms with Crippen LogP contribution in [0.3, 0.4) is 0 Å². The van der Waals surface area contributed by atoms with Crippen LogP contribution in [0.5, 0.6) is 11.5 Å². The third-order valence-corrected chi connectivity index (χ3v) is 7.69. The molecule has 0 fully saturated rings. The lowest BCUT2D eigenvalue weighted by Crippen LogP contribution is -2.45. The summed E-state index contributed by atoms with van der Waals surface area (Å²) in [5, 5.41) is 11.0. The van der Waals surface area contributed by atoms with Crippen molar-refractivity contribution in [2.45, 2.75) is 31.2 Å². The van der Waals surface area contributed by atoms with E-state index in [0.717, 1.165) is 20.7 Å². The van der Waals surface area contributed by atoms with Gasteiger partial charge in [0.25, 0.3) is 0 Å². The fourth-order valence-electron chi connectivity index (χ4n) is 2.74. The van der Waals surface area contributed by atoms with Crippen molar-refractivity contribution in [2.24, 2.45) is 5.92 Å². The van der Waals surface area contributed by atoms with Crippen molar-refractivity contribution in [3.8, 4) is 11.5 Å². The summed E-state index contributed by atoms with van der Waals surface area (Å²) < 4.78 is 37.8. The van der Waals surface area contributed by atoms with Crippen LogP contribution in [0.25, 0.3) is 0 Å². The lowest BCUT2D eigenvalue weighted by molar-refractivity contribution is -0.116. The third kappa shape index (κ3) is 5.55. The molecule has 1 N–H and O–H groups in total. The molecule has 1 amide bonds. The highest BCUT2D eigenvalue weighted by Crippen LogP contribution is 2.35. The Morgan fingerprint density at radius 3 is 2.60 bits per heavy atom. The van der Waals surface area contributed by atoms with Crippen molar-refractivity contribution in [1.29, 1.82) is 0 Å². The van der Waals surface area contributed by atoms with E-state index in [4.69, 9.17) is 9.47 Å². The van der Waals surface area contributed by atoms with Crippen molar-refractivity contribution in [3.05, 3.63) is 18.2 Å². The fraction of sp³-hybridized carbons (Fsp3) is 0.500. The van der Waals surface area contributed by atoms with Crippen molar-refractivity contribution < 1.29 is 22.7 Å². The predicted molar refractivity (Wildman–Crippen MR) is 118 cm³/mol. The molecule has 12 heteroatoms. The second kappa shape index (κ2) is 9.40.